The monoisotopic (exact) mass is 264 g/mol. The van der Waals surface area contributed by atoms with Gasteiger partial charge in [0.2, 0.25) is 0 Å². The number of sulfone groups is 1. The number of carbonyl (C=O) groups is 1. The van der Waals surface area contributed by atoms with Gasteiger partial charge in [0.25, 0.3) is 0 Å². The zero-order valence-electron chi connectivity index (χ0n) is 9.78. The second-order valence-corrected chi connectivity index (χ2v) is 7.91. The summed E-state index contributed by atoms with van der Waals surface area (Å²) in [5, 5.41) is 9.28. The van der Waals surface area contributed by atoms with E-state index in [0.29, 0.717) is 12.8 Å². The Morgan fingerprint density at radius 1 is 1.41 bits per heavy atom. The Balaban J connectivity index is 2.22. The Morgan fingerprint density at radius 3 is 2.41 bits per heavy atom. The van der Waals surface area contributed by atoms with Gasteiger partial charge in [0.05, 0.1) is 16.9 Å². The maximum absolute atomic E-state index is 13.6. The second kappa shape index (κ2) is 3.67. The van der Waals surface area contributed by atoms with E-state index >= 15 is 0 Å². The highest BCUT2D eigenvalue weighted by atomic mass is 32.2. The van der Waals surface area contributed by atoms with E-state index in [-0.39, 0.29) is 24.3 Å². The van der Waals surface area contributed by atoms with Crippen molar-refractivity contribution in [1.82, 2.24) is 0 Å². The van der Waals surface area contributed by atoms with Crippen molar-refractivity contribution in [2.24, 2.45) is 11.3 Å². The number of alkyl halides is 1. The molecule has 1 heterocycles. The number of aliphatic carboxylic acids is 1. The van der Waals surface area contributed by atoms with Crippen molar-refractivity contribution in [3.8, 4) is 0 Å². The summed E-state index contributed by atoms with van der Waals surface area (Å²) in [6, 6.07) is 0. The predicted octanol–water partition coefficient (Wildman–Crippen LogP) is 1.40. The van der Waals surface area contributed by atoms with E-state index < -0.39 is 32.8 Å². The van der Waals surface area contributed by atoms with Gasteiger partial charge in [-0.3, -0.25) is 4.79 Å². The zero-order valence-corrected chi connectivity index (χ0v) is 10.6. The molecule has 0 spiro atoms. The molecule has 0 aromatic heterocycles. The molecule has 1 unspecified atom stereocenters. The Morgan fingerprint density at radius 2 is 2.00 bits per heavy atom. The first kappa shape index (κ1) is 12.8. The molecule has 1 aliphatic carbocycles. The van der Waals surface area contributed by atoms with Crippen LogP contribution in [0.4, 0.5) is 4.39 Å². The van der Waals surface area contributed by atoms with Crippen LogP contribution in [-0.4, -0.2) is 36.7 Å². The highest BCUT2D eigenvalue weighted by Crippen LogP contribution is 2.57. The van der Waals surface area contributed by atoms with E-state index in [1.807, 2.05) is 0 Å². The van der Waals surface area contributed by atoms with Gasteiger partial charge in [-0.2, -0.15) is 0 Å². The molecule has 0 radical (unpaired) electrons. The van der Waals surface area contributed by atoms with Gasteiger partial charge in [-0.25, -0.2) is 12.8 Å². The number of hydrogen-bond donors (Lipinski definition) is 1. The van der Waals surface area contributed by atoms with E-state index in [9.17, 15) is 22.7 Å². The molecular weight excluding hydrogens is 247 g/mol. The summed E-state index contributed by atoms with van der Waals surface area (Å²) in [5.74, 6) is -1.45. The molecule has 1 saturated carbocycles. The molecule has 1 atom stereocenters. The predicted molar refractivity (Wildman–Crippen MR) is 60.2 cm³/mol. The Bertz CT molecular complexity index is 432. The van der Waals surface area contributed by atoms with Crippen molar-refractivity contribution in [2.75, 3.05) is 11.5 Å². The third-order valence-electron chi connectivity index (χ3n) is 4.04. The first-order valence-electron chi connectivity index (χ1n) is 5.80. The van der Waals surface area contributed by atoms with E-state index in [1.165, 1.54) is 6.92 Å². The standard InChI is InChI=1S/C11H17FO4S/c1-10(12)6-11(7-10,9(13)14)8-3-2-4-17(15,16)5-8/h8H,2-7H2,1H3,(H,13,14). The van der Waals surface area contributed by atoms with Crippen LogP contribution in [-0.2, 0) is 14.6 Å². The van der Waals surface area contributed by atoms with E-state index in [4.69, 9.17) is 0 Å². The van der Waals surface area contributed by atoms with Gasteiger partial charge in [0.1, 0.15) is 5.67 Å². The smallest absolute Gasteiger partial charge is 0.310 e. The molecule has 1 N–H and O–H groups in total. The lowest BCUT2D eigenvalue weighted by molar-refractivity contribution is -0.175. The summed E-state index contributed by atoms with van der Waals surface area (Å²) in [5.41, 5.74) is -2.61. The van der Waals surface area contributed by atoms with Crippen molar-refractivity contribution in [3.05, 3.63) is 0 Å². The van der Waals surface area contributed by atoms with Crippen LogP contribution < -0.4 is 0 Å². The van der Waals surface area contributed by atoms with Gasteiger partial charge >= 0.3 is 5.97 Å². The van der Waals surface area contributed by atoms with Gasteiger partial charge in [-0.1, -0.05) is 0 Å². The molecule has 2 rings (SSSR count). The van der Waals surface area contributed by atoms with Gasteiger partial charge < -0.3 is 5.11 Å². The fraction of sp³-hybridized carbons (Fsp3) is 0.909. The Kier molecular flexibility index (Phi) is 2.76. The van der Waals surface area contributed by atoms with Crippen LogP contribution in [0, 0.1) is 11.3 Å². The van der Waals surface area contributed by atoms with E-state index in [2.05, 4.69) is 0 Å². The SMILES string of the molecule is CC1(F)CC(C(=O)O)(C2CCCS(=O)(=O)C2)C1. The van der Waals surface area contributed by atoms with Gasteiger partial charge in [0.15, 0.2) is 9.84 Å². The van der Waals surface area contributed by atoms with E-state index in [1.54, 1.807) is 0 Å². The molecule has 0 aromatic rings. The largest absolute Gasteiger partial charge is 0.481 e. The lowest BCUT2D eigenvalue weighted by atomic mass is 9.54. The molecule has 2 fully saturated rings. The van der Waals surface area contributed by atoms with Crippen LogP contribution >= 0.6 is 0 Å². The maximum Gasteiger partial charge on any atom is 0.310 e. The van der Waals surface area contributed by atoms with Crippen molar-refractivity contribution in [1.29, 1.82) is 0 Å². The maximum atomic E-state index is 13.6. The molecule has 0 bridgehead atoms. The number of hydrogen-bond acceptors (Lipinski definition) is 3. The van der Waals surface area contributed by atoms with Crippen molar-refractivity contribution < 1.29 is 22.7 Å². The molecule has 17 heavy (non-hydrogen) atoms. The molecule has 1 aliphatic heterocycles. The number of carboxylic acid groups (broad SMARTS) is 1. The summed E-state index contributed by atoms with van der Waals surface area (Å²) in [4.78, 5) is 11.3. The molecule has 6 heteroatoms. The minimum Gasteiger partial charge on any atom is -0.481 e. The molecule has 4 nitrogen and oxygen atoms in total. The Labute approximate surface area is 100 Å². The summed E-state index contributed by atoms with van der Waals surface area (Å²) in [7, 11) is -3.15. The van der Waals surface area contributed by atoms with Crippen LogP contribution in [0.1, 0.15) is 32.6 Å². The fourth-order valence-electron chi connectivity index (χ4n) is 3.34. The van der Waals surface area contributed by atoms with Crippen molar-refractivity contribution >= 4 is 15.8 Å². The lowest BCUT2D eigenvalue weighted by Crippen LogP contribution is -2.58. The lowest BCUT2D eigenvalue weighted by Gasteiger charge is -2.52. The number of carboxylic acids is 1. The number of halogens is 1. The zero-order chi connectivity index (χ0) is 12.9. The van der Waals surface area contributed by atoms with E-state index in [0.717, 1.165) is 0 Å². The topological polar surface area (TPSA) is 71.4 Å². The minimum atomic E-state index is -3.15. The summed E-state index contributed by atoms with van der Waals surface area (Å²) in [6.45, 7) is 1.38. The third kappa shape index (κ3) is 2.19. The van der Waals surface area contributed by atoms with Gasteiger partial charge in [-0.05, 0) is 38.5 Å². The average Bonchev–Trinajstić information content (AvgIpc) is 2.11. The molecule has 0 amide bonds. The Hall–Kier alpha value is -0.650. The van der Waals surface area contributed by atoms with Crippen molar-refractivity contribution in [3.63, 3.8) is 0 Å². The van der Waals surface area contributed by atoms with Gasteiger partial charge in [0, 0.05) is 0 Å². The molecule has 98 valence electrons. The minimum absolute atomic E-state index is 0.0600. The van der Waals surface area contributed by atoms with Gasteiger partial charge in [-0.15, -0.1) is 0 Å². The van der Waals surface area contributed by atoms with Crippen LogP contribution in [0.15, 0.2) is 0 Å². The first-order valence-corrected chi connectivity index (χ1v) is 7.62. The fourth-order valence-corrected chi connectivity index (χ4v) is 5.21. The first-order chi connectivity index (χ1) is 7.67. The molecule has 2 aliphatic rings. The third-order valence-corrected chi connectivity index (χ3v) is 5.86. The van der Waals surface area contributed by atoms with Crippen molar-refractivity contribution in [2.45, 2.75) is 38.3 Å². The van der Waals surface area contributed by atoms with Crippen LogP contribution in [0.3, 0.4) is 0 Å². The summed E-state index contributed by atoms with van der Waals surface area (Å²) >= 11 is 0. The average molecular weight is 264 g/mol. The van der Waals surface area contributed by atoms with Crippen LogP contribution in [0.5, 0.6) is 0 Å². The quantitative estimate of drug-likeness (QED) is 0.818. The highest BCUT2D eigenvalue weighted by molar-refractivity contribution is 7.91. The highest BCUT2D eigenvalue weighted by Gasteiger charge is 2.62. The second-order valence-electron chi connectivity index (χ2n) is 5.68. The van der Waals surface area contributed by atoms with Crippen LogP contribution in [0.2, 0.25) is 0 Å². The molecular formula is C11H17FO4S. The van der Waals surface area contributed by atoms with Crippen LogP contribution in [0.25, 0.3) is 0 Å². The summed E-state index contributed by atoms with van der Waals surface area (Å²) in [6.07, 6.45) is 0.942. The normalized spacial score (nSPS) is 44.9. The molecule has 0 aromatic carbocycles. The number of rotatable bonds is 2. The molecule has 1 saturated heterocycles. The summed E-state index contributed by atoms with van der Waals surface area (Å²) < 4.78 is 36.7.